The minimum atomic E-state index is -0.217. The number of benzene rings is 1. The summed E-state index contributed by atoms with van der Waals surface area (Å²) in [6.45, 7) is 4.21. The van der Waals surface area contributed by atoms with Crippen LogP contribution in [0.4, 0.5) is 0 Å². The van der Waals surface area contributed by atoms with Gasteiger partial charge >= 0.3 is 0 Å². The predicted molar refractivity (Wildman–Crippen MR) is 94.9 cm³/mol. The molecule has 1 saturated carbocycles. The third kappa shape index (κ3) is 6.13. The van der Waals surface area contributed by atoms with Crippen molar-refractivity contribution in [1.29, 1.82) is 0 Å². The van der Waals surface area contributed by atoms with Crippen LogP contribution in [0.25, 0.3) is 0 Å². The fourth-order valence-corrected chi connectivity index (χ4v) is 3.28. The first kappa shape index (κ1) is 18.7. The van der Waals surface area contributed by atoms with Gasteiger partial charge in [0.15, 0.2) is 0 Å². The molecule has 1 amide bonds. The molecule has 0 radical (unpaired) electrons. The summed E-state index contributed by atoms with van der Waals surface area (Å²) in [5, 5.41) is 13.0. The fourth-order valence-electron chi connectivity index (χ4n) is 3.28. The molecule has 5 nitrogen and oxygen atoms in total. The van der Waals surface area contributed by atoms with E-state index in [0.29, 0.717) is 25.6 Å². The standard InChI is InChI=1S/C19H30N2O3/c1-3-24-17-9-6-7-15(11-17)12-20-19(23)14-21(2)13-16-8-4-5-10-18(16)22/h6-7,9,11,16,18,22H,3-5,8,10,12-14H2,1-2H3,(H,20,23). The predicted octanol–water partition coefficient (Wildman–Crippen LogP) is 2.18. The first-order valence-corrected chi connectivity index (χ1v) is 8.93. The number of rotatable bonds is 8. The maximum atomic E-state index is 12.1. The Bertz CT molecular complexity index is 521. The molecule has 5 heteroatoms. The molecule has 2 atom stereocenters. The minimum absolute atomic E-state index is 0.00427. The van der Waals surface area contributed by atoms with Crippen molar-refractivity contribution in [2.24, 2.45) is 5.92 Å². The van der Waals surface area contributed by atoms with E-state index < -0.39 is 0 Å². The highest BCUT2D eigenvalue weighted by molar-refractivity contribution is 5.77. The number of aliphatic hydroxyl groups is 1. The highest BCUT2D eigenvalue weighted by Gasteiger charge is 2.24. The number of nitrogens with one attached hydrogen (secondary N) is 1. The summed E-state index contributed by atoms with van der Waals surface area (Å²) < 4.78 is 5.47. The summed E-state index contributed by atoms with van der Waals surface area (Å²) in [5.41, 5.74) is 1.03. The summed E-state index contributed by atoms with van der Waals surface area (Å²) >= 11 is 0. The van der Waals surface area contributed by atoms with Gasteiger partial charge < -0.3 is 15.2 Å². The van der Waals surface area contributed by atoms with Gasteiger partial charge in [-0.25, -0.2) is 0 Å². The Morgan fingerprint density at radius 3 is 2.92 bits per heavy atom. The van der Waals surface area contributed by atoms with Crippen LogP contribution in [0.2, 0.25) is 0 Å². The van der Waals surface area contributed by atoms with Crippen molar-refractivity contribution in [2.75, 3.05) is 26.7 Å². The monoisotopic (exact) mass is 334 g/mol. The Morgan fingerprint density at radius 2 is 2.17 bits per heavy atom. The van der Waals surface area contributed by atoms with E-state index in [2.05, 4.69) is 5.32 Å². The van der Waals surface area contributed by atoms with Crippen LogP contribution in [0.5, 0.6) is 5.75 Å². The van der Waals surface area contributed by atoms with Crippen molar-refractivity contribution < 1.29 is 14.6 Å². The summed E-state index contributed by atoms with van der Waals surface area (Å²) in [6.07, 6.45) is 4.02. The molecule has 134 valence electrons. The van der Waals surface area contributed by atoms with E-state index in [-0.39, 0.29) is 12.0 Å². The first-order chi connectivity index (χ1) is 11.6. The fraction of sp³-hybridized carbons (Fsp3) is 0.632. The smallest absolute Gasteiger partial charge is 0.234 e. The van der Waals surface area contributed by atoms with Crippen molar-refractivity contribution in [3.05, 3.63) is 29.8 Å². The zero-order valence-corrected chi connectivity index (χ0v) is 14.8. The van der Waals surface area contributed by atoms with Crippen LogP contribution in [-0.2, 0) is 11.3 Å². The lowest BCUT2D eigenvalue weighted by Crippen LogP contribution is -2.40. The van der Waals surface area contributed by atoms with Crippen molar-refractivity contribution in [3.63, 3.8) is 0 Å². The lowest BCUT2D eigenvalue weighted by atomic mass is 9.86. The van der Waals surface area contributed by atoms with Crippen molar-refractivity contribution in [2.45, 2.75) is 45.3 Å². The quantitative estimate of drug-likeness (QED) is 0.765. The second-order valence-electron chi connectivity index (χ2n) is 6.67. The molecule has 0 bridgehead atoms. The number of hydrogen-bond acceptors (Lipinski definition) is 4. The molecule has 0 saturated heterocycles. The number of hydrogen-bond donors (Lipinski definition) is 2. The topological polar surface area (TPSA) is 61.8 Å². The van der Waals surface area contributed by atoms with Gasteiger partial charge in [-0.05, 0) is 50.4 Å². The van der Waals surface area contributed by atoms with Crippen molar-refractivity contribution in [1.82, 2.24) is 10.2 Å². The molecular weight excluding hydrogens is 304 g/mol. The molecule has 0 spiro atoms. The molecule has 0 aliphatic heterocycles. The largest absolute Gasteiger partial charge is 0.494 e. The Hall–Kier alpha value is -1.59. The highest BCUT2D eigenvalue weighted by atomic mass is 16.5. The Balaban J connectivity index is 1.73. The molecule has 24 heavy (non-hydrogen) atoms. The van der Waals surface area contributed by atoms with Gasteiger partial charge in [-0.2, -0.15) is 0 Å². The van der Waals surface area contributed by atoms with Crippen LogP contribution in [0, 0.1) is 5.92 Å². The summed E-state index contributed by atoms with van der Waals surface area (Å²) in [4.78, 5) is 14.1. The van der Waals surface area contributed by atoms with Gasteiger partial charge in [-0.15, -0.1) is 0 Å². The number of carbonyl (C=O) groups excluding carboxylic acids is 1. The average molecular weight is 334 g/mol. The molecule has 2 N–H and O–H groups in total. The SMILES string of the molecule is CCOc1cccc(CNC(=O)CN(C)CC2CCCCC2O)c1. The summed E-state index contributed by atoms with van der Waals surface area (Å²) in [5.74, 6) is 1.12. The summed E-state index contributed by atoms with van der Waals surface area (Å²) in [6, 6.07) is 7.78. The number of carbonyl (C=O) groups is 1. The lowest BCUT2D eigenvalue weighted by Gasteiger charge is -2.30. The maximum absolute atomic E-state index is 12.1. The van der Waals surface area contributed by atoms with E-state index in [9.17, 15) is 9.90 Å². The van der Waals surface area contributed by atoms with E-state index in [1.54, 1.807) is 0 Å². The van der Waals surface area contributed by atoms with Gasteiger partial charge in [0.25, 0.3) is 0 Å². The van der Waals surface area contributed by atoms with E-state index in [0.717, 1.165) is 37.1 Å². The molecular formula is C19H30N2O3. The van der Waals surface area contributed by atoms with E-state index in [1.807, 2.05) is 43.1 Å². The molecule has 1 aliphatic rings. The Labute approximate surface area is 145 Å². The van der Waals surface area contributed by atoms with Gasteiger partial charge in [-0.3, -0.25) is 9.69 Å². The van der Waals surface area contributed by atoms with E-state index in [1.165, 1.54) is 6.42 Å². The van der Waals surface area contributed by atoms with Crippen LogP contribution in [0.1, 0.15) is 38.2 Å². The van der Waals surface area contributed by atoms with Crippen molar-refractivity contribution >= 4 is 5.91 Å². The number of amides is 1. The number of aliphatic hydroxyl groups excluding tert-OH is 1. The highest BCUT2D eigenvalue weighted by Crippen LogP contribution is 2.24. The van der Waals surface area contributed by atoms with Gasteiger partial charge in [0, 0.05) is 13.1 Å². The van der Waals surface area contributed by atoms with Gasteiger partial charge in [-0.1, -0.05) is 25.0 Å². The normalized spacial score (nSPS) is 20.8. The number of nitrogens with zero attached hydrogens (tertiary/aromatic N) is 1. The zero-order chi connectivity index (χ0) is 17.4. The number of ether oxygens (including phenoxy) is 1. The van der Waals surface area contributed by atoms with Gasteiger partial charge in [0.2, 0.25) is 5.91 Å². The van der Waals surface area contributed by atoms with Crippen LogP contribution in [-0.4, -0.2) is 48.8 Å². The third-order valence-corrected chi connectivity index (χ3v) is 4.53. The molecule has 0 heterocycles. The summed E-state index contributed by atoms with van der Waals surface area (Å²) in [7, 11) is 1.94. The molecule has 0 aromatic heterocycles. The van der Waals surface area contributed by atoms with Gasteiger partial charge in [0.05, 0.1) is 19.3 Å². The van der Waals surface area contributed by atoms with Crippen molar-refractivity contribution in [3.8, 4) is 5.75 Å². The Kier molecular flexibility index (Phi) is 7.53. The second-order valence-corrected chi connectivity index (χ2v) is 6.67. The van der Waals surface area contributed by atoms with Crippen LogP contribution >= 0.6 is 0 Å². The molecule has 2 rings (SSSR count). The van der Waals surface area contributed by atoms with Crippen LogP contribution in [0.15, 0.2) is 24.3 Å². The lowest BCUT2D eigenvalue weighted by molar-refractivity contribution is -0.122. The third-order valence-electron chi connectivity index (χ3n) is 4.53. The average Bonchev–Trinajstić information content (AvgIpc) is 2.56. The Morgan fingerprint density at radius 1 is 1.38 bits per heavy atom. The first-order valence-electron chi connectivity index (χ1n) is 8.93. The van der Waals surface area contributed by atoms with Crippen LogP contribution < -0.4 is 10.1 Å². The van der Waals surface area contributed by atoms with Gasteiger partial charge in [0.1, 0.15) is 5.75 Å². The molecule has 1 aromatic rings. The minimum Gasteiger partial charge on any atom is -0.494 e. The number of likely N-dealkylation sites (N-methyl/N-ethyl adjacent to an activating group) is 1. The van der Waals surface area contributed by atoms with E-state index >= 15 is 0 Å². The molecule has 1 aromatic carbocycles. The zero-order valence-electron chi connectivity index (χ0n) is 14.8. The van der Waals surface area contributed by atoms with E-state index in [4.69, 9.17) is 4.74 Å². The molecule has 1 aliphatic carbocycles. The van der Waals surface area contributed by atoms with Crippen LogP contribution in [0.3, 0.4) is 0 Å². The maximum Gasteiger partial charge on any atom is 0.234 e. The molecule has 1 fully saturated rings. The second kappa shape index (κ2) is 9.64. The molecule has 2 unspecified atom stereocenters.